The van der Waals surface area contributed by atoms with Crippen molar-refractivity contribution < 1.29 is 33.5 Å². The van der Waals surface area contributed by atoms with E-state index in [1.807, 2.05) is 13.8 Å². The van der Waals surface area contributed by atoms with Crippen molar-refractivity contribution in [2.75, 3.05) is 19.4 Å². The Morgan fingerprint density at radius 3 is 1.39 bits per heavy atom. The summed E-state index contributed by atoms with van der Waals surface area (Å²) in [5.41, 5.74) is 0. The van der Waals surface area contributed by atoms with E-state index < -0.39 is 7.26 Å². The molecule has 202 valence electrons. The highest BCUT2D eigenvalue weighted by molar-refractivity contribution is 7.95. The van der Waals surface area contributed by atoms with Gasteiger partial charge in [-0.25, -0.2) is 0 Å². The summed E-state index contributed by atoms with van der Waals surface area (Å²) in [4.78, 5) is 0. The zero-order chi connectivity index (χ0) is 26.0. The minimum atomic E-state index is -1.74. The topological polar surface area (TPSA) is 18.5 Å². The summed E-state index contributed by atoms with van der Waals surface area (Å²) in [7, 11) is -1.74. The molecule has 0 amide bonds. The molecule has 0 radical (unpaired) electrons. The van der Waals surface area contributed by atoms with Gasteiger partial charge in [-0.1, -0.05) is 91.1 Å². The van der Waals surface area contributed by atoms with E-state index in [-0.39, 0.29) is 30.3 Å². The molecule has 2 nitrogen and oxygen atoms in total. The number of rotatable bonds is 16. The van der Waals surface area contributed by atoms with E-state index in [4.69, 9.17) is 9.47 Å². The van der Waals surface area contributed by atoms with Crippen molar-refractivity contribution in [2.24, 2.45) is 0 Å². The Morgan fingerprint density at radius 1 is 0.579 bits per heavy atom. The molecular weight excluding hydrogens is 598 g/mol. The number of benzene rings is 3. The molecular formula is C34H42IO2P. The van der Waals surface area contributed by atoms with E-state index in [0.29, 0.717) is 13.2 Å². The lowest BCUT2D eigenvalue weighted by Gasteiger charge is -2.27. The first-order chi connectivity index (χ1) is 18.3. The van der Waals surface area contributed by atoms with Gasteiger partial charge in [0.05, 0.1) is 6.16 Å². The van der Waals surface area contributed by atoms with Crippen LogP contribution in [0.3, 0.4) is 0 Å². The molecule has 0 unspecified atom stereocenters. The summed E-state index contributed by atoms with van der Waals surface area (Å²) >= 11 is 0. The maximum Gasteiger partial charge on any atom is 0.160 e. The van der Waals surface area contributed by atoms with Crippen molar-refractivity contribution in [3.05, 3.63) is 127 Å². The van der Waals surface area contributed by atoms with Gasteiger partial charge >= 0.3 is 0 Å². The second-order valence-electron chi connectivity index (χ2n) is 8.79. The summed E-state index contributed by atoms with van der Waals surface area (Å²) in [5.74, 6) is 0. The van der Waals surface area contributed by atoms with Crippen molar-refractivity contribution >= 4 is 23.2 Å². The van der Waals surface area contributed by atoms with Crippen LogP contribution < -0.4 is 39.9 Å². The van der Waals surface area contributed by atoms with Crippen LogP contribution >= 0.6 is 7.26 Å². The van der Waals surface area contributed by atoms with Crippen molar-refractivity contribution in [3.8, 4) is 0 Å². The summed E-state index contributed by atoms with van der Waals surface area (Å²) < 4.78 is 11.2. The Labute approximate surface area is 248 Å². The Morgan fingerprint density at radius 2 is 0.974 bits per heavy atom. The molecule has 3 aromatic carbocycles. The van der Waals surface area contributed by atoms with E-state index in [9.17, 15) is 0 Å². The molecule has 0 aliphatic heterocycles. The Hall–Kier alpha value is -2.04. The van der Waals surface area contributed by atoms with Crippen LogP contribution in [0.15, 0.2) is 127 Å². The smallest absolute Gasteiger partial charge is 0.160 e. The van der Waals surface area contributed by atoms with E-state index >= 15 is 0 Å². The van der Waals surface area contributed by atoms with Gasteiger partial charge in [-0.3, -0.25) is 0 Å². The maximum absolute atomic E-state index is 5.58. The Kier molecular flexibility index (Phi) is 16.2. The molecule has 0 saturated carbocycles. The fourth-order valence-corrected chi connectivity index (χ4v) is 8.82. The fourth-order valence-electron chi connectivity index (χ4n) is 4.57. The third kappa shape index (κ3) is 9.93. The van der Waals surface area contributed by atoms with Gasteiger partial charge in [-0.05, 0) is 63.1 Å². The zero-order valence-electron chi connectivity index (χ0n) is 22.8. The third-order valence-corrected chi connectivity index (χ3v) is 10.8. The molecule has 0 spiro atoms. The summed E-state index contributed by atoms with van der Waals surface area (Å²) in [6.07, 6.45) is 18.2. The van der Waals surface area contributed by atoms with Gasteiger partial charge in [0.1, 0.15) is 23.2 Å². The van der Waals surface area contributed by atoms with Crippen LogP contribution in [-0.4, -0.2) is 25.7 Å². The highest BCUT2D eigenvalue weighted by Gasteiger charge is 2.44. The fraction of sp³-hybridized carbons (Fsp3) is 0.294. The van der Waals surface area contributed by atoms with Gasteiger partial charge in [-0.2, -0.15) is 0 Å². The minimum absolute atomic E-state index is 0. The molecule has 3 rings (SSSR count). The van der Waals surface area contributed by atoms with Gasteiger partial charge < -0.3 is 33.5 Å². The lowest BCUT2D eigenvalue weighted by atomic mass is 10.2. The average molecular weight is 641 g/mol. The summed E-state index contributed by atoms with van der Waals surface area (Å²) in [6, 6.07) is 33.3. The second kappa shape index (κ2) is 19.1. The van der Waals surface area contributed by atoms with E-state index in [0.717, 1.165) is 31.8 Å². The molecule has 3 aromatic rings. The summed E-state index contributed by atoms with van der Waals surface area (Å²) in [6.45, 7) is 5.35. The molecule has 4 heteroatoms. The molecule has 0 saturated heterocycles. The molecule has 0 aromatic heterocycles. The molecule has 38 heavy (non-hydrogen) atoms. The van der Waals surface area contributed by atoms with E-state index in [1.54, 1.807) is 0 Å². The highest BCUT2D eigenvalue weighted by atomic mass is 127. The standard InChI is InChI=1S/C34H42O2P.HI/c1-3-35-34(36-4-2)29-21-10-8-6-5-7-9-11-22-30-37(31-23-15-12-16-24-31,32-25-17-13-18-26-32)33-27-19-14-20-28-33;/h5-6,9-21,23-28,34H,3-4,7-8,22,29-30H2,1-2H3;1H/q+1;/p-1/b6-5-,11-9-,21-10-;. The van der Waals surface area contributed by atoms with E-state index in [1.165, 1.54) is 15.9 Å². The number of hydrogen-bond acceptors (Lipinski definition) is 2. The van der Waals surface area contributed by atoms with Crippen LogP contribution in [-0.2, 0) is 9.47 Å². The average Bonchev–Trinajstić information content (AvgIpc) is 2.95. The first kappa shape index (κ1) is 32.2. The van der Waals surface area contributed by atoms with Crippen LogP contribution in [0.5, 0.6) is 0 Å². The number of halogens is 1. The lowest BCUT2D eigenvalue weighted by molar-refractivity contribution is -0.133. The molecule has 0 atom stereocenters. The van der Waals surface area contributed by atoms with Gasteiger partial charge in [0.2, 0.25) is 0 Å². The van der Waals surface area contributed by atoms with Crippen LogP contribution in [0.1, 0.15) is 39.5 Å². The molecule has 0 fully saturated rings. The molecule has 0 N–H and O–H groups in total. The monoisotopic (exact) mass is 640 g/mol. The largest absolute Gasteiger partial charge is 1.00 e. The van der Waals surface area contributed by atoms with Gasteiger partial charge in [0, 0.05) is 26.1 Å². The van der Waals surface area contributed by atoms with Gasteiger partial charge in [0.15, 0.2) is 6.29 Å². The van der Waals surface area contributed by atoms with Gasteiger partial charge in [-0.15, -0.1) is 0 Å². The van der Waals surface area contributed by atoms with Crippen LogP contribution in [0.25, 0.3) is 0 Å². The Bertz CT molecular complexity index is 979. The van der Waals surface area contributed by atoms with Crippen LogP contribution in [0.2, 0.25) is 0 Å². The predicted octanol–water partition coefficient (Wildman–Crippen LogP) is 4.61. The minimum Gasteiger partial charge on any atom is -1.00 e. The highest BCUT2D eigenvalue weighted by Crippen LogP contribution is 2.55. The third-order valence-electron chi connectivity index (χ3n) is 6.30. The quantitative estimate of drug-likeness (QED) is 0.0987. The number of allylic oxidation sites excluding steroid dienone is 5. The maximum atomic E-state index is 5.58. The number of hydrogen-bond donors (Lipinski definition) is 0. The molecule has 0 bridgehead atoms. The van der Waals surface area contributed by atoms with Crippen LogP contribution in [0.4, 0.5) is 0 Å². The molecule has 0 aliphatic rings. The van der Waals surface area contributed by atoms with Crippen molar-refractivity contribution in [1.29, 1.82) is 0 Å². The first-order valence-electron chi connectivity index (χ1n) is 13.5. The zero-order valence-corrected chi connectivity index (χ0v) is 25.8. The van der Waals surface area contributed by atoms with Gasteiger partial charge in [0.25, 0.3) is 0 Å². The Balaban J connectivity index is 0.00000507. The van der Waals surface area contributed by atoms with Crippen molar-refractivity contribution in [1.82, 2.24) is 0 Å². The van der Waals surface area contributed by atoms with E-state index in [2.05, 4.69) is 127 Å². The molecule has 0 aliphatic carbocycles. The summed E-state index contributed by atoms with van der Waals surface area (Å²) in [5, 5.41) is 4.34. The van der Waals surface area contributed by atoms with Crippen molar-refractivity contribution in [3.63, 3.8) is 0 Å². The normalized spacial score (nSPS) is 12.1. The van der Waals surface area contributed by atoms with Crippen molar-refractivity contribution in [2.45, 2.75) is 45.8 Å². The lowest BCUT2D eigenvalue weighted by Crippen LogP contribution is -3.00. The number of ether oxygens (including phenoxy) is 2. The first-order valence-corrected chi connectivity index (χ1v) is 15.5. The molecule has 0 heterocycles. The van der Waals surface area contributed by atoms with Crippen LogP contribution in [0, 0.1) is 0 Å². The second-order valence-corrected chi connectivity index (χ2v) is 12.4. The predicted molar refractivity (Wildman–Crippen MR) is 163 cm³/mol. The SMILES string of the molecule is CCOC(C/C=C\C/C=C\C/C=C\CC[P+](c1ccccc1)(c1ccccc1)c1ccccc1)OCC.[I-].